The van der Waals surface area contributed by atoms with Gasteiger partial charge in [0.25, 0.3) is 0 Å². The first-order valence-electron chi connectivity index (χ1n) is 4.66. The second kappa shape index (κ2) is 5.41. The third-order valence-electron chi connectivity index (χ3n) is 1.97. The van der Waals surface area contributed by atoms with Gasteiger partial charge in [-0.3, -0.25) is 0 Å². The molecular formula is C10H15FN2O2. The van der Waals surface area contributed by atoms with Crippen molar-refractivity contribution >= 4 is 11.4 Å². The number of nitrogens with two attached hydrogens (primary N) is 1. The monoisotopic (exact) mass is 214 g/mol. The molecule has 0 unspecified atom stereocenters. The van der Waals surface area contributed by atoms with Gasteiger partial charge in [-0.05, 0) is 6.42 Å². The van der Waals surface area contributed by atoms with E-state index in [2.05, 4.69) is 5.32 Å². The Morgan fingerprint density at radius 2 is 2.27 bits per heavy atom. The van der Waals surface area contributed by atoms with Gasteiger partial charge in [-0.15, -0.1) is 0 Å². The Morgan fingerprint density at radius 1 is 1.53 bits per heavy atom. The molecule has 0 radical (unpaired) electrons. The van der Waals surface area contributed by atoms with E-state index >= 15 is 0 Å². The van der Waals surface area contributed by atoms with Gasteiger partial charge in [0.2, 0.25) is 0 Å². The molecule has 1 aromatic carbocycles. The summed E-state index contributed by atoms with van der Waals surface area (Å²) in [6, 6.07) is 2.71. The second-order valence-corrected chi connectivity index (χ2v) is 3.08. The molecule has 0 aliphatic heterocycles. The predicted octanol–water partition coefficient (Wildman–Crippen LogP) is 1.21. The number of nitrogens with one attached hydrogen (secondary N) is 1. The number of rotatable bonds is 5. The molecule has 0 aliphatic rings. The Morgan fingerprint density at radius 3 is 2.87 bits per heavy atom. The van der Waals surface area contributed by atoms with Crippen LogP contribution in [-0.4, -0.2) is 25.4 Å². The van der Waals surface area contributed by atoms with Crippen molar-refractivity contribution in [2.75, 3.05) is 31.3 Å². The van der Waals surface area contributed by atoms with E-state index in [1.807, 2.05) is 0 Å². The van der Waals surface area contributed by atoms with Gasteiger partial charge in [0.1, 0.15) is 11.6 Å². The maximum Gasteiger partial charge on any atom is 0.148 e. The number of methoxy groups -OCH3 is 1. The van der Waals surface area contributed by atoms with Crippen molar-refractivity contribution in [3.63, 3.8) is 0 Å². The van der Waals surface area contributed by atoms with Crippen LogP contribution >= 0.6 is 0 Å². The lowest BCUT2D eigenvalue weighted by Crippen LogP contribution is -2.06. The molecular weight excluding hydrogens is 199 g/mol. The first-order chi connectivity index (χ1) is 7.19. The Labute approximate surface area is 87.9 Å². The summed E-state index contributed by atoms with van der Waals surface area (Å²) in [5.41, 5.74) is 6.12. The highest BCUT2D eigenvalue weighted by Gasteiger charge is 2.07. The molecule has 4 nitrogen and oxygen atoms in total. The van der Waals surface area contributed by atoms with Gasteiger partial charge in [-0.25, -0.2) is 4.39 Å². The lowest BCUT2D eigenvalue weighted by Gasteiger charge is -2.10. The molecule has 84 valence electrons. The van der Waals surface area contributed by atoms with E-state index in [9.17, 15) is 4.39 Å². The summed E-state index contributed by atoms with van der Waals surface area (Å²) in [5.74, 6) is 0.00846. The summed E-state index contributed by atoms with van der Waals surface area (Å²) in [4.78, 5) is 0. The van der Waals surface area contributed by atoms with E-state index in [0.717, 1.165) is 0 Å². The number of aliphatic hydroxyl groups is 1. The Bertz CT molecular complexity index is 331. The van der Waals surface area contributed by atoms with Crippen LogP contribution in [0.4, 0.5) is 15.8 Å². The summed E-state index contributed by atoms with van der Waals surface area (Å²) in [5, 5.41) is 11.4. The zero-order valence-electron chi connectivity index (χ0n) is 8.59. The van der Waals surface area contributed by atoms with Gasteiger partial charge in [0, 0.05) is 25.3 Å². The maximum absolute atomic E-state index is 13.3. The first-order valence-corrected chi connectivity index (χ1v) is 4.66. The molecule has 0 fully saturated rings. The molecule has 0 atom stereocenters. The van der Waals surface area contributed by atoms with E-state index in [4.69, 9.17) is 15.6 Å². The summed E-state index contributed by atoms with van der Waals surface area (Å²) < 4.78 is 18.3. The van der Waals surface area contributed by atoms with Crippen LogP contribution in [0.15, 0.2) is 12.1 Å². The minimum atomic E-state index is -0.425. The topological polar surface area (TPSA) is 67.5 Å². The van der Waals surface area contributed by atoms with E-state index in [1.54, 1.807) is 0 Å². The van der Waals surface area contributed by atoms with Crippen LogP contribution in [0.5, 0.6) is 5.75 Å². The van der Waals surface area contributed by atoms with Crippen LogP contribution < -0.4 is 15.8 Å². The largest absolute Gasteiger partial charge is 0.495 e. The first kappa shape index (κ1) is 11.6. The standard InChI is InChI=1S/C10H15FN2O2/c1-15-10-6-9(13-3-2-4-14)7(11)5-8(10)12/h5-6,13-14H,2-4,12H2,1H3. The van der Waals surface area contributed by atoms with Crippen LogP contribution in [-0.2, 0) is 0 Å². The average Bonchev–Trinajstić information content (AvgIpc) is 2.21. The third kappa shape index (κ3) is 2.99. The number of benzene rings is 1. The fraction of sp³-hybridized carbons (Fsp3) is 0.400. The van der Waals surface area contributed by atoms with Crippen molar-refractivity contribution in [3.05, 3.63) is 17.9 Å². The normalized spacial score (nSPS) is 10.1. The number of hydrogen-bond acceptors (Lipinski definition) is 4. The molecule has 0 aromatic heterocycles. The predicted molar refractivity (Wildman–Crippen MR) is 57.6 cm³/mol. The van der Waals surface area contributed by atoms with E-state index in [-0.39, 0.29) is 12.3 Å². The van der Waals surface area contributed by atoms with Crippen molar-refractivity contribution in [3.8, 4) is 5.75 Å². The number of hydrogen-bond donors (Lipinski definition) is 3. The molecule has 0 spiro atoms. The lowest BCUT2D eigenvalue weighted by atomic mass is 10.2. The summed E-state index contributed by atoms with van der Waals surface area (Å²) in [6.07, 6.45) is 0.562. The molecule has 1 aromatic rings. The number of aliphatic hydroxyl groups excluding tert-OH is 1. The van der Waals surface area contributed by atoms with Crippen molar-refractivity contribution in [1.82, 2.24) is 0 Å². The van der Waals surface area contributed by atoms with Crippen LogP contribution in [0.2, 0.25) is 0 Å². The minimum absolute atomic E-state index is 0.0702. The second-order valence-electron chi connectivity index (χ2n) is 3.08. The van der Waals surface area contributed by atoms with Crippen molar-refractivity contribution < 1.29 is 14.2 Å². The van der Waals surface area contributed by atoms with Gasteiger partial charge < -0.3 is 20.9 Å². The van der Waals surface area contributed by atoms with E-state index in [1.165, 1.54) is 19.2 Å². The van der Waals surface area contributed by atoms with E-state index in [0.29, 0.717) is 24.4 Å². The zero-order chi connectivity index (χ0) is 11.3. The Balaban J connectivity index is 2.78. The van der Waals surface area contributed by atoms with Crippen LogP contribution in [0.25, 0.3) is 0 Å². The van der Waals surface area contributed by atoms with Crippen molar-refractivity contribution in [2.45, 2.75) is 6.42 Å². The molecule has 0 amide bonds. The molecule has 1 rings (SSSR count). The number of halogens is 1. The Hall–Kier alpha value is -1.49. The average molecular weight is 214 g/mol. The number of ether oxygens (including phenoxy) is 1. The van der Waals surface area contributed by atoms with Gasteiger partial charge in [0.15, 0.2) is 0 Å². The SMILES string of the molecule is COc1cc(NCCCO)c(F)cc1N. The minimum Gasteiger partial charge on any atom is -0.495 e. The quantitative estimate of drug-likeness (QED) is 0.509. The molecule has 0 bridgehead atoms. The fourth-order valence-electron chi connectivity index (χ4n) is 1.18. The van der Waals surface area contributed by atoms with Gasteiger partial charge in [0.05, 0.1) is 18.5 Å². The highest BCUT2D eigenvalue weighted by atomic mass is 19.1. The van der Waals surface area contributed by atoms with Crippen molar-refractivity contribution in [2.24, 2.45) is 0 Å². The highest BCUT2D eigenvalue weighted by molar-refractivity contribution is 5.62. The Kier molecular flexibility index (Phi) is 4.17. The maximum atomic E-state index is 13.3. The number of nitrogen functional groups attached to an aromatic ring is 1. The fourth-order valence-corrected chi connectivity index (χ4v) is 1.18. The smallest absolute Gasteiger partial charge is 0.148 e. The summed E-state index contributed by atoms with van der Waals surface area (Å²) in [7, 11) is 1.47. The van der Waals surface area contributed by atoms with Crippen LogP contribution in [0, 0.1) is 5.82 Å². The third-order valence-corrected chi connectivity index (χ3v) is 1.97. The molecule has 0 saturated carbocycles. The zero-order valence-corrected chi connectivity index (χ0v) is 8.59. The molecule has 0 aliphatic carbocycles. The molecule has 0 heterocycles. The van der Waals surface area contributed by atoms with Crippen LogP contribution in [0.3, 0.4) is 0 Å². The summed E-state index contributed by atoms with van der Waals surface area (Å²) >= 11 is 0. The lowest BCUT2D eigenvalue weighted by molar-refractivity contribution is 0.292. The highest BCUT2D eigenvalue weighted by Crippen LogP contribution is 2.27. The number of anilines is 2. The molecule has 0 saturated heterocycles. The van der Waals surface area contributed by atoms with E-state index < -0.39 is 5.82 Å². The van der Waals surface area contributed by atoms with Gasteiger partial charge in [-0.1, -0.05) is 0 Å². The molecule has 4 N–H and O–H groups in total. The van der Waals surface area contributed by atoms with Gasteiger partial charge >= 0.3 is 0 Å². The molecule has 15 heavy (non-hydrogen) atoms. The van der Waals surface area contributed by atoms with Crippen molar-refractivity contribution in [1.29, 1.82) is 0 Å². The molecule has 5 heteroatoms. The summed E-state index contributed by atoms with van der Waals surface area (Å²) in [6.45, 7) is 0.571. The van der Waals surface area contributed by atoms with Crippen LogP contribution in [0.1, 0.15) is 6.42 Å². The van der Waals surface area contributed by atoms with Gasteiger partial charge in [-0.2, -0.15) is 0 Å².